The van der Waals surface area contributed by atoms with Crippen LogP contribution in [-0.2, 0) is 22.4 Å². The smallest absolute Gasteiger partial charge is 0.344 e. The zero-order valence-corrected chi connectivity index (χ0v) is 20.2. The Kier molecular flexibility index (Phi) is 7.57. The number of hydrogen-bond donors (Lipinski definition) is 0. The van der Waals surface area contributed by atoms with Crippen LogP contribution in [0.3, 0.4) is 0 Å². The molecule has 1 aromatic carbocycles. The van der Waals surface area contributed by atoms with Crippen LogP contribution in [0.15, 0.2) is 23.2 Å². The molecule has 0 saturated heterocycles. The van der Waals surface area contributed by atoms with Gasteiger partial charge in [-0.2, -0.15) is 5.26 Å². The molecule has 3 rings (SSSR count). The van der Waals surface area contributed by atoms with Crippen LogP contribution in [-0.4, -0.2) is 32.5 Å². The summed E-state index contributed by atoms with van der Waals surface area (Å²) >= 11 is 1.62. The van der Waals surface area contributed by atoms with E-state index >= 15 is 0 Å². The predicted molar refractivity (Wildman–Crippen MR) is 126 cm³/mol. The molecule has 1 heterocycles. The third kappa shape index (κ3) is 5.49. The molecule has 0 N–H and O–H groups in total. The number of methoxy groups -OCH3 is 1. The van der Waals surface area contributed by atoms with E-state index in [2.05, 4.69) is 31.8 Å². The highest BCUT2D eigenvalue weighted by molar-refractivity contribution is 7.16. The molecule has 170 valence electrons. The Hall–Kier alpha value is -2.85. The maximum Gasteiger partial charge on any atom is 0.344 e. The van der Waals surface area contributed by atoms with Crippen LogP contribution in [0.2, 0.25) is 0 Å². The lowest BCUT2D eigenvalue weighted by molar-refractivity contribution is -0.145. The van der Waals surface area contributed by atoms with Gasteiger partial charge in [0.15, 0.2) is 18.1 Å². The lowest BCUT2D eigenvalue weighted by Crippen LogP contribution is -2.26. The van der Waals surface area contributed by atoms with Gasteiger partial charge in [-0.15, -0.1) is 11.3 Å². The number of aliphatic imine (C=N–C) groups is 1. The molecule has 2 aromatic rings. The van der Waals surface area contributed by atoms with Crippen molar-refractivity contribution in [1.82, 2.24) is 0 Å². The number of nitriles is 1. The Morgan fingerprint density at radius 2 is 2.12 bits per heavy atom. The molecule has 1 aromatic heterocycles. The van der Waals surface area contributed by atoms with Crippen LogP contribution in [0, 0.1) is 22.7 Å². The summed E-state index contributed by atoms with van der Waals surface area (Å²) in [5, 5.41) is 10.5. The second kappa shape index (κ2) is 10.2. The molecule has 32 heavy (non-hydrogen) atoms. The first-order valence-corrected chi connectivity index (χ1v) is 11.6. The second-order valence-corrected chi connectivity index (χ2v) is 9.95. The molecule has 0 amide bonds. The van der Waals surface area contributed by atoms with E-state index in [0.29, 0.717) is 29.6 Å². The number of thiophene rings is 1. The number of carbonyl (C=O) groups excluding carboxylic acids is 1. The van der Waals surface area contributed by atoms with Crippen molar-refractivity contribution in [2.45, 2.75) is 47.0 Å². The second-order valence-electron chi connectivity index (χ2n) is 8.86. The van der Waals surface area contributed by atoms with E-state index in [1.165, 1.54) is 10.4 Å². The molecule has 0 saturated carbocycles. The van der Waals surface area contributed by atoms with Crippen molar-refractivity contribution in [2.24, 2.45) is 16.3 Å². The Bertz CT molecular complexity index is 1040. The summed E-state index contributed by atoms with van der Waals surface area (Å²) in [4.78, 5) is 17.5. The number of nitrogens with zero attached hydrogens (tertiary/aromatic N) is 2. The first kappa shape index (κ1) is 23.8. The Labute approximate surface area is 193 Å². The lowest BCUT2D eigenvalue weighted by atomic mass is 9.72. The minimum Gasteiger partial charge on any atom is -0.493 e. The number of rotatable bonds is 7. The fraction of sp³-hybridized carbons (Fsp3) is 0.480. The number of benzene rings is 1. The molecular formula is C25H30N2O4S. The van der Waals surface area contributed by atoms with Gasteiger partial charge in [0.25, 0.3) is 0 Å². The largest absolute Gasteiger partial charge is 0.493 e. The summed E-state index contributed by atoms with van der Waals surface area (Å²) < 4.78 is 15.8. The highest BCUT2D eigenvalue weighted by atomic mass is 32.1. The van der Waals surface area contributed by atoms with Gasteiger partial charge in [-0.3, -0.25) is 0 Å². The Morgan fingerprint density at radius 3 is 2.78 bits per heavy atom. The fourth-order valence-corrected chi connectivity index (χ4v) is 5.10. The maximum atomic E-state index is 11.6. The highest BCUT2D eigenvalue weighted by Gasteiger charge is 2.32. The predicted octanol–water partition coefficient (Wildman–Crippen LogP) is 5.47. The van der Waals surface area contributed by atoms with Crippen molar-refractivity contribution in [3.05, 3.63) is 39.8 Å². The lowest BCUT2D eigenvalue weighted by Gasteiger charge is -2.33. The number of esters is 1. The number of carbonyl (C=O) groups is 1. The van der Waals surface area contributed by atoms with Crippen molar-refractivity contribution < 1.29 is 19.0 Å². The van der Waals surface area contributed by atoms with Crippen LogP contribution in [0.1, 0.15) is 55.7 Å². The van der Waals surface area contributed by atoms with Crippen molar-refractivity contribution in [1.29, 1.82) is 5.26 Å². The van der Waals surface area contributed by atoms with Crippen molar-refractivity contribution in [2.75, 3.05) is 20.3 Å². The number of ether oxygens (including phenoxy) is 3. The molecular weight excluding hydrogens is 424 g/mol. The molecule has 0 bridgehead atoms. The van der Waals surface area contributed by atoms with Crippen LogP contribution >= 0.6 is 11.3 Å². The minimum absolute atomic E-state index is 0.198. The third-order valence-electron chi connectivity index (χ3n) is 5.75. The van der Waals surface area contributed by atoms with Crippen molar-refractivity contribution in [3.8, 4) is 17.6 Å². The summed E-state index contributed by atoms with van der Waals surface area (Å²) in [7, 11) is 1.54. The number of fused-ring (bicyclic) bond motifs is 1. The molecule has 0 radical (unpaired) electrons. The topological polar surface area (TPSA) is 80.9 Å². The molecule has 1 aliphatic carbocycles. The van der Waals surface area contributed by atoms with E-state index in [9.17, 15) is 10.1 Å². The van der Waals surface area contributed by atoms with E-state index < -0.39 is 5.97 Å². The zero-order valence-electron chi connectivity index (χ0n) is 19.4. The standard InChI is InChI=1S/C25H30N2O4S/c1-6-30-23(28)15-31-21-11-16(7-10-20(21)29-5)14-27-24-19(13-26)18-9-8-17(25(2,3)4)12-22(18)32-24/h7,10-11,14,17H,6,8-9,12,15H2,1-5H3/t17-/m1/s1. The Morgan fingerprint density at radius 1 is 1.34 bits per heavy atom. The van der Waals surface area contributed by atoms with E-state index in [1.807, 2.05) is 6.07 Å². The summed E-state index contributed by atoms with van der Waals surface area (Å²) in [6.07, 6.45) is 4.75. The van der Waals surface area contributed by atoms with Crippen LogP contribution in [0.25, 0.3) is 0 Å². The van der Waals surface area contributed by atoms with E-state index in [0.717, 1.165) is 29.8 Å². The molecule has 1 aliphatic rings. The first-order chi connectivity index (χ1) is 15.3. The average molecular weight is 455 g/mol. The quantitative estimate of drug-likeness (QED) is 0.409. The van der Waals surface area contributed by atoms with Gasteiger partial charge in [0.2, 0.25) is 0 Å². The normalized spacial score (nSPS) is 15.8. The molecule has 0 spiro atoms. The summed E-state index contributed by atoms with van der Waals surface area (Å²) in [6.45, 7) is 8.70. The van der Waals surface area contributed by atoms with Crippen LogP contribution < -0.4 is 9.47 Å². The van der Waals surface area contributed by atoms with E-state index in [-0.39, 0.29) is 12.0 Å². The van der Waals surface area contributed by atoms with Gasteiger partial charge >= 0.3 is 5.97 Å². The van der Waals surface area contributed by atoms with Gasteiger partial charge in [0, 0.05) is 11.1 Å². The third-order valence-corrected chi connectivity index (χ3v) is 6.92. The van der Waals surface area contributed by atoms with Crippen molar-refractivity contribution in [3.63, 3.8) is 0 Å². The van der Waals surface area contributed by atoms with Gasteiger partial charge in [0.1, 0.15) is 11.1 Å². The molecule has 6 nitrogen and oxygen atoms in total. The van der Waals surface area contributed by atoms with E-state index in [4.69, 9.17) is 14.2 Å². The van der Waals surface area contributed by atoms with Crippen LogP contribution in [0.5, 0.6) is 11.5 Å². The highest BCUT2D eigenvalue weighted by Crippen LogP contribution is 2.44. The molecule has 0 aliphatic heterocycles. The molecule has 0 unspecified atom stereocenters. The molecule has 7 heteroatoms. The maximum absolute atomic E-state index is 11.6. The summed E-state index contributed by atoms with van der Waals surface area (Å²) in [5.74, 6) is 1.12. The minimum atomic E-state index is -0.440. The van der Waals surface area contributed by atoms with Gasteiger partial charge in [0.05, 0.1) is 19.3 Å². The fourth-order valence-electron chi connectivity index (χ4n) is 3.88. The zero-order chi connectivity index (χ0) is 23.3. The Balaban J connectivity index is 1.82. The monoisotopic (exact) mass is 454 g/mol. The number of hydrogen-bond acceptors (Lipinski definition) is 7. The molecule has 0 fully saturated rings. The first-order valence-electron chi connectivity index (χ1n) is 10.8. The summed E-state index contributed by atoms with van der Waals surface area (Å²) in [5.41, 5.74) is 2.90. The van der Waals surface area contributed by atoms with E-state index in [1.54, 1.807) is 43.7 Å². The SMILES string of the molecule is CCOC(=O)COc1cc(C=Nc2sc3c(c2C#N)CC[C@@H](C(C)(C)C)C3)ccc1OC. The van der Waals surface area contributed by atoms with Crippen molar-refractivity contribution >= 4 is 28.5 Å². The summed E-state index contributed by atoms with van der Waals surface area (Å²) in [6, 6.07) is 7.75. The van der Waals surface area contributed by atoms with Gasteiger partial charge in [-0.05, 0) is 66.8 Å². The average Bonchev–Trinajstić information content (AvgIpc) is 3.12. The van der Waals surface area contributed by atoms with Gasteiger partial charge in [-0.1, -0.05) is 20.8 Å². The van der Waals surface area contributed by atoms with Gasteiger partial charge in [-0.25, -0.2) is 9.79 Å². The molecule has 1 atom stereocenters. The van der Waals surface area contributed by atoms with Crippen LogP contribution in [0.4, 0.5) is 5.00 Å². The van der Waals surface area contributed by atoms with Gasteiger partial charge < -0.3 is 14.2 Å².